The van der Waals surface area contributed by atoms with E-state index in [1.54, 1.807) is 13.2 Å². The maximum atomic E-state index is 12.8. The number of hydrogen-bond donors (Lipinski definition) is 0. The summed E-state index contributed by atoms with van der Waals surface area (Å²) in [6.45, 7) is 2.49. The number of carbonyl (C=O) groups is 1. The summed E-state index contributed by atoms with van der Waals surface area (Å²) in [5.74, 6) is 1.41. The summed E-state index contributed by atoms with van der Waals surface area (Å²) in [5, 5.41) is 0. The average molecular weight is 664 g/mol. The van der Waals surface area contributed by atoms with Gasteiger partial charge in [-0.25, -0.2) is 0 Å². The molecular formula is C28H26Br3NO3. The summed E-state index contributed by atoms with van der Waals surface area (Å²) < 4.78 is 14.2. The van der Waals surface area contributed by atoms with Crippen LogP contribution in [0.15, 0.2) is 74.1 Å². The van der Waals surface area contributed by atoms with Crippen molar-refractivity contribution in [1.82, 2.24) is 0 Å². The molecular weight excluding hydrogens is 638 g/mol. The molecule has 182 valence electrons. The van der Waals surface area contributed by atoms with Gasteiger partial charge in [-0.3, -0.25) is 4.79 Å². The van der Waals surface area contributed by atoms with Crippen LogP contribution in [0.3, 0.4) is 0 Å². The molecule has 1 saturated heterocycles. The highest BCUT2D eigenvalue weighted by molar-refractivity contribution is 9.11. The molecule has 0 aliphatic carbocycles. The van der Waals surface area contributed by atoms with E-state index in [2.05, 4.69) is 52.7 Å². The Morgan fingerprint density at radius 3 is 2.29 bits per heavy atom. The maximum absolute atomic E-state index is 12.8. The van der Waals surface area contributed by atoms with E-state index >= 15 is 0 Å². The Balaban J connectivity index is 1.45. The molecule has 3 aromatic rings. The Morgan fingerprint density at radius 1 is 0.943 bits per heavy atom. The van der Waals surface area contributed by atoms with Crippen molar-refractivity contribution in [3.05, 3.63) is 90.8 Å². The number of methoxy groups -OCH3 is 1. The van der Waals surface area contributed by atoms with Gasteiger partial charge in [0.15, 0.2) is 5.78 Å². The van der Waals surface area contributed by atoms with Crippen LogP contribution in [0.25, 0.3) is 6.08 Å². The Morgan fingerprint density at radius 2 is 1.63 bits per heavy atom. The number of hydrogen-bond acceptors (Lipinski definition) is 4. The molecule has 1 heterocycles. The average Bonchev–Trinajstić information content (AvgIpc) is 2.87. The highest BCUT2D eigenvalue weighted by Gasteiger charge is 2.13. The van der Waals surface area contributed by atoms with Gasteiger partial charge in [-0.05, 0) is 111 Å². The van der Waals surface area contributed by atoms with Gasteiger partial charge in [-0.15, -0.1) is 0 Å². The lowest BCUT2D eigenvalue weighted by Gasteiger charge is -2.28. The fraction of sp³-hybridized carbons (Fsp3) is 0.250. The molecule has 0 unspecified atom stereocenters. The quantitative estimate of drug-likeness (QED) is 0.179. The van der Waals surface area contributed by atoms with Crippen molar-refractivity contribution in [2.75, 3.05) is 25.1 Å². The van der Waals surface area contributed by atoms with Crippen molar-refractivity contribution in [3.8, 4) is 11.5 Å². The summed E-state index contributed by atoms with van der Waals surface area (Å²) >= 11 is 10.6. The first-order chi connectivity index (χ1) is 16.9. The Labute approximate surface area is 231 Å². The number of rotatable bonds is 8. The second-order valence-corrected chi connectivity index (χ2v) is 11.0. The third kappa shape index (κ3) is 6.78. The van der Waals surface area contributed by atoms with Crippen molar-refractivity contribution in [3.63, 3.8) is 0 Å². The number of carbonyl (C=O) groups excluding carboxylic acids is 1. The van der Waals surface area contributed by atoms with Gasteiger partial charge in [-0.2, -0.15) is 0 Å². The Hall–Kier alpha value is -2.09. The maximum Gasteiger partial charge on any atom is 0.185 e. The van der Waals surface area contributed by atoms with Crippen LogP contribution in [-0.2, 0) is 6.61 Å². The molecule has 4 nitrogen and oxygen atoms in total. The molecule has 0 aromatic heterocycles. The molecule has 4 rings (SSSR count). The molecule has 0 spiro atoms. The standard InChI is InChI=1S/C28H26Br3NO3/c1-34-27-12-6-19(15-21(27)18-35-28-24(30)16-22(29)17-25(28)31)5-11-26(33)20-7-9-23(10-8-20)32-13-3-2-4-14-32/h5-12,15-17H,2-4,13-14,18H2,1H3/b11-5+. The molecule has 0 N–H and O–H groups in total. The smallest absolute Gasteiger partial charge is 0.185 e. The minimum atomic E-state index is -0.0217. The molecule has 0 atom stereocenters. The van der Waals surface area contributed by atoms with Gasteiger partial charge in [0, 0.05) is 34.4 Å². The van der Waals surface area contributed by atoms with E-state index in [-0.39, 0.29) is 5.78 Å². The van der Waals surface area contributed by atoms with Crippen molar-refractivity contribution < 1.29 is 14.3 Å². The molecule has 0 bridgehead atoms. The van der Waals surface area contributed by atoms with Gasteiger partial charge < -0.3 is 14.4 Å². The van der Waals surface area contributed by atoms with Crippen LogP contribution in [-0.4, -0.2) is 26.0 Å². The molecule has 0 saturated carbocycles. The number of piperidine rings is 1. The first-order valence-electron chi connectivity index (χ1n) is 11.5. The molecule has 0 amide bonds. The lowest BCUT2D eigenvalue weighted by Crippen LogP contribution is -2.29. The normalized spacial score (nSPS) is 13.8. The molecule has 7 heteroatoms. The van der Waals surface area contributed by atoms with Crippen LogP contribution >= 0.6 is 47.8 Å². The van der Waals surface area contributed by atoms with E-state index < -0.39 is 0 Å². The monoisotopic (exact) mass is 661 g/mol. The zero-order valence-electron chi connectivity index (χ0n) is 19.4. The molecule has 1 aliphatic rings. The van der Waals surface area contributed by atoms with E-state index in [1.165, 1.54) is 24.9 Å². The van der Waals surface area contributed by atoms with Gasteiger partial charge >= 0.3 is 0 Å². The third-order valence-corrected chi connectivity index (χ3v) is 7.58. The molecule has 1 fully saturated rings. The second kappa shape index (κ2) is 12.2. The Bertz CT molecular complexity index is 1200. The number of ketones is 1. The summed E-state index contributed by atoms with van der Waals surface area (Å²) in [5.41, 5.74) is 3.66. The first kappa shape index (κ1) is 26.0. The molecule has 35 heavy (non-hydrogen) atoms. The summed E-state index contributed by atoms with van der Waals surface area (Å²) in [4.78, 5) is 15.2. The van der Waals surface area contributed by atoms with Gasteiger partial charge in [0.2, 0.25) is 0 Å². The van der Waals surface area contributed by atoms with Crippen LogP contribution in [0.1, 0.15) is 40.7 Å². The fourth-order valence-corrected chi connectivity index (χ4v) is 6.58. The topological polar surface area (TPSA) is 38.8 Å². The van der Waals surface area contributed by atoms with Crippen molar-refractivity contribution in [2.45, 2.75) is 25.9 Å². The zero-order chi connectivity index (χ0) is 24.8. The highest BCUT2D eigenvalue weighted by atomic mass is 79.9. The van der Waals surface area contributed by atoms with E-state index in [1.807, 2.05) is 60.7 Å². The number of ether oxygens (including phenoxy) is 2. The number of nitrogens with zero attached hydrogens (tertiary/aromatic N) is 1. The number of anilines is 1. The van der Waals surface area contributed by atoms with Crippen molar-refractivity contribution in [2.24, 2.45) is 0 Å². The third-order valence-electron chi connectivity index (χ3n) is 5.94. The van der Waals surface area contributed by atoms with Crippen molar-refractivity contribution in [1.29, 1.82) is 0 Å². The Kier molecular flexibility index (Phi) is 9.09. The van der Waals surface area contributed by atoms with Crippen molar-refractivity contribution >= 4 is 65.3 Å². The predicted molar refractivity (Wildman–Crippen MR) is 153 cm³/mol. The summed E-state index contributed by atoms with van der Waals surface area (Å²) in [6.07, 6.45) is 7.21. The predicted octanol–water partition coefficient (Wildman–Crippen LogP) is 8.45. The van der Waals surface area contributed by atoms with Gasteiger partial charge in [-0.1, -0.05) is 28.1 Å². The van der Waals surface area contributed by atoms with Gasteiger partial charge in [0.05, 0.1) is 16.1 Å². The second-order valence-electron chi connectivity index (χ2n) is 8.35. The van der Waals surface area contributed by atoms with E-state index in [9.17, 15) is 4.79 Å². The number of benzene rings is 3. The summed E-state index contributed by atoms with van der Waals surface area (Å²) in [7, 11) is 1.64. The lowest BCUT2D eigenvalue weighted by molar-refractivity contribution is 0.104. The van der Waals surface area contributed by atoms with Crippen LogP contribution < -0.4 is 14.4 Å². The SMILES string of the molecule is COc1ccc(/C=C/C(=O)c2ccc(N3CCCCC3)cc2)cc1COc1c(Br)cc(Br)cc1Br. The van der Waals surface area contributed by atoms with E-state index in [4.69, 9.17) is 9.47 Å². The van der Waals surface area contributed by atoms with Gasteiger partial charge in [0.1, 0.15) is 18.1 Å². The fourth-order valence-electron chi connectivity index (χ4n) is 4.09. The van der Waals surface area contributed by atoms with E-state index in [0.717, 1.165) is 43.4 Å². The summed E-state index contributed by atoms with van der Waals surface area (Å²) in [6, 6.07) is 17.6. The molecule has 0 radical (unpaired) electrons. The number of halogens is 3. The highest BCUT2D eigenvalue weighted by Crippen LogP contribution is 2.37. The first-order valence-corrected chi connectivity index (χ1v) is 13.8. The minimum absolute atomic E-state index is 0.0217. The lowest BCUT2D eigenvalue weighted by atomic mass is 10.1. The van der Waals surface area contributed by atoms with Crippen LogP contribution in [0.5, 0.6) is 11.5 Å². The minimum Gasteiger partial charge on any atom is -0.496 e. The molecule has 3 aromatic carbocycles. The van der Waals surface area contributed by atoms with Crippen LogP contribution in [0.4, 0.5) is 5.69 Å². The van der Waals surface area contributed by atoms with E-state index in [0.29, 0.717) is 17.9 Å². The van der Waals surface area contributed by atoms with Crippen LogP contribution in [0.2, 0.25) is 0 Å². The largest absolute Gasteiger partial charge is 0.496 e. The van der Waals surface area contributed by atoms with Gasteiger partial charge in [0.25, 0.3) is 0 Å². The number of allylic oxidation sites excluding steroid dienone is 1. The zero-order valence-corrected chi connectivity index (χ0v) is 24.2. The van der Waals surface area contributed by atoms with Crippen LogP contribution in [0, 0.1) is 0 Å². The molecule has 1 aliphatic heterocycles.